The van der Waals surface area contributed by atoms with Crippen molar-refractivity contribution in [2.75, 3.05) is 25.1 Å². The van der Waals surface area contributed by atoms with Gasteiger partial charge in [0.2, 0.25) is 0 Å². The number of carbonyl (C=O) groups excluding carboxylic acids is 1. The molecule has 3 rings (SSSR count). The van der Waals surface area contributed by atoms with E-state index in [0.717, 1.165) is 29.4 Å². The maximum Gasteiger partial charge on any atom is 0.348 e. The molecule has 2 aromatic carbocycles. The molecule has 24 heavy (non-hydrogen) atoms. The van der Waals surface area contributed by atoms with Gasteiger partial charge in [0.25, 0.3) is 0 Å². The number of fused-ring (bicyclic) bond motifs is 1. The summed E-state index contributed by atoms with van der Waals surface area (Å²) in [6, 6.07) is 14.3. The molecule has 2 aromatic rings. The van der Waals surface area contributed by atoms with E-state index in [0.29, 0.717) is 0 Å². The molecule has 1 aliphatic heterocycles. The third-order valence-corrected chi connectivity index (χ3v) is 4.41. The lowest BCUT2D eigenvalue weighted by Gasteiger charge is -2.29. The van der Waals surface area contributed by atoms with Crippen LogP contribution in [0.25, 0.3) is 16.8 Å². The van der Waals surface area contributed by atoms with Crippen molar-refractivity contribution < 1.29 is 9.53 Å². The molecular weight excluding hydrogens is 300 g/mol. The van der Waals surface area contributed by atoms with Gasteiger partial charge in [-0.05, 0) is 59.9 Å². The summed E-state index contributed by atoms with van der Waals surface area (Å²) in [6.07, 6.45) is 5.39. The number of hydrogen-bond acceptors (Lipinski definition) is 4. The second kappa shape index (κ2) is 7.18. The van der Waals surface area contributed by atoms with Crippen molar-refractivity contribution in [1.82, 2.24) is 0 Å². The molecule has 0 aromatic heterocycles. The first kappa shape index (κ1) is 16.1. The van der Waals surface area contributed by atoms with Gasteiger partial charge in [-0.25, -0.2) is 4.79 Å². The number of esters is 1. The van der Waals surface area contributed by atoms with Gasteiger partial charge in [0.05, 0.1) is 7.11 Å². The molecule has 0 radical (unpaired) electrons. The van der Waals surface area contributed by atoms with E-state index >= 15 is 0 Å². The fourth-order valence-corrected chi connectivity index (χ4v) is 3.10. The molecule has 0 aliphatic carbocycles. The highest BCUT2D eigenvalue weighted by Gasteiger charge is 2.12. The second-order valence-electron chi connectivity index (χ2n) is 6.00. The Hall–Kier alpha value is -2.80. The molecular formula is C20H20N2O2. The minimum Gasteiger partial charge on any atom is -0.465 e. The summed E-state index contributed by atoms with van der Waals surface area (Å²) >= 11 is 0. The number of anilines is 1. The Morgan fingerprint density at radius 3 is 2.54 bits per heavy atom. The number of piperidine rings is 1. The van der Waals surface area contributed by atoms with Crippen LogP contribution in [0.3, 0.4) is 0 Å². The maximum atomic E-state index is 11.5. The van der Waals surface area contributed by atoms with Gasteiger partial charge in [0.15, 0.2) is 0 Å². The number of nitrogens with zero attached hydrogens (tertiary/aromatic N) is 2. The monoisotopic (exact) mass is 320 g/mol. The van der Waals surface area contributed by atoms with E-state index in [1.54, 1.807) is 6.08 Å². The molecule has 0 amide bonds. The minimum absolute atomic E-state index is 0.00165. The number of ether oxygens (including phenoxy) is 1. The van der Waals surface area contributed by atoms with E-state index in [-0.39, 0.29) is 5.57 Å². The first-order chi connectivity index (χ1) is 11.7. The van der Waals surface area contributed by atoms with Crippen LogP contribution in [0.4, 0.5) is 5.69 Å². The molecule has 1 saturated heterocycles. The van der Waals surface area contributed by atoms with Crippen molar-refractivity contribution in [2.24, 2.45) is 0 Å². The summed E-state index contributed by atoms with van der Waals surface area (Å²) in [6.45, 7) is 2.24. The number of methoxy groups -OCH3 is 1. The molecule has 1 aliphatic rings. The van der Waals surface area contributed by atoms with Crippen LogP contribution < -0.4 is 4.90 Å². The molecule has 1 fully saturated rings. The molecule has 0 N–H and O–H groups in total. The fourth-order valence-electron chi connectivity index (χ4n) is 3.10. The number of benzene rings is 2. The van der Waals surface area contributed by atoms with E-state index in [9.17, 15) is 4.79 Å². The van der Waals surface area contributed by atoms with Crippen molar-refractivity contribution in [3.63, 3.8) is 0 Å². The van der Waals surface area contributed by atoms with Crippen LogP contribution in [0.15, 0.2) is 42.0 Å². The summed E-state index contributed by atoms with van der Waals surface area (Å²) in [7, 11) is 1.27. The first-order valence-corrected chi connectivity index (χ1v) is 8.20. The molecule has 4 heteroatoms. The van der Waals surface area contributed by atoms with Crippen LogP contribution in [-0.4, -0.2) is 26.2 Å². The molecule has 4 nitrogen and oxygen atoms in total. The Kier molecular flexibility index (Phi) is 4.81. The third-order valence-electron chi connectivity index (χ3n) is 4.41. The molecule has 0 bridgehead atoms. The van der Waals surface area contributed by atoms with Crippen molar-refractivity contribution in [2.45, 2.75) is 19.3 Å². The van der Waals surface area contributed by atoms with Crippen molar-refractivity contribution >= 4 is 28.5 Å². The van der Waals surface area contributed by atoms with Gasteiger partial charge >= 0.3 is 5.97 Å². The maximum absolute atomic E-state index is 11.5. The van der Waals surface area contributed by atoms with Crippen LogP contribution in [0.5, 0.6) is 0 Å². The third kappa shape index (κ3) is 3.41. The molecule has 122 valence electrons. The second-order valence-corrected chi connectivity index (χ2v) is 6.00. The standard InChI is InChI=1S/C20H20N2O2/c1-24-20(23)18(14-21)12-15-5-6-17-13-19(8-7-16(17)11-15)22-9-3-2-4-10-22/h5-8,11-13H,2-4,9-10H2,1H3/b18-12+. The zero-order valence-corrected chi connectivity index (χ0v) is 13.8. The smallest absolute Gasteiger partial charge is 0.348 e. The molecule has 0 spiro atoms. The summed E-state index contributed by atoms with van der Waals surface area (Å²) in [4.78, 5) is 13.9. The zero-order valence-electron chi connectivity index (χ0n) is 13.8. The summed E-state index contributed by atoms with van der Waals surface area (Å²) < 4.78 is 4.61. The van der Waals surface area contributed by atoms with Gasteiger partial charge in [-0.15, -0.1) is 0 Å². The quantitative estimate of drug-likeness (QED) is 0.489. The Morgan fingerprint density at radius 2 is 1.83 bits per heavy atom. The number of nitriles is 1. The average Bonchev–Trinajstić information content (AvgIpc) is 2.65. The molecule has 0 unspecified atom stereocenters. The number of rotatable bonds is 3. The van der Waals surface area contributed by atoms with Crippen LogP contribution in [0.1, 0.15) is 24.8 Å². The summed E-state index contributed by atoms with van der Waals surface area (Å²) in [5.74, 6) is -0.613. The summed E-state index contributed by atoms with van der Waals surface area (Å²) in [5.41, 5.74) is 2.08. The van der Waals surface area contributed by atoms with Gasteiger partial charge < -0.3 is 9.64 Å². The normalized spacial score (nSPS) is 15.2. The van der Waals surface area contributed by atoms with E-state index in [2.05, 4.69) is 27.8 Å². The summed E-state index contributed by atoms with van der Waals surface area (Å²) in [5, 5.41) is 11.3. The van der Waals surface area contributed by atoms with Gasteiger partial charge in [-0.1, -0.05) is 18.2 Å². The van der Waals surface area contributed by atoms with Crippen LogP contribution >= 0.6 is 0 Å². The van der Waals surface area contributed by atoms with Crippen molar-refractivity contribution in [3.05, 3.63) is 47.5 Å². The van der Waals surface area contributed by atoms with E-state index in [4.69, 9.17) is 5.26 Å². The van der Waals surface area contributed by atoms with Crippen molar-refractivity contribution in [3.8, 4) is 6.07 Å². The van der Waals surface area contributed by atoms with E-state index in [1.165, 1.54) is 32.1 Å². The van der Waals surface area contributed by atoms with Crippen molar-refractivity contribution in [1.29, 1.82) is 5.26 Å². The number of hydrogen-bond donors (Lipinski definition) is 0. The molecule has 1 heterocycles. The predicted octanol–water partition coefficient (Wildman–Crippen LogP) is 3.91. The van der Waals surface area contributed by atoms with Gasteiger partial charge in [0, 0.05) is 18.8 Å². The Balaban J connectivity index is 1.91. The highest BCUT2D eigenvalue weighted by atomic mass is 16.5. The predicted molar refractivity (Wildman–Crippen MR) is 95.6 cm³/mol. The molecule has 0 saturated carbocycles. The largest absolute Gasteiger partial charge is 0.465 e. The van der Waals surface area contributed by atoms with Crippen LogP contribution in [0, 0.1) is 11.3 Å². The Labute approximate surface area is 141 Å². The lowest BCUT2D eigenvalue weighted by Crippen LogP contribution is -2.29. The van der Waals surface area contributed by atoms with E-state index in [1.807, 2.05) is 24.3 Å². The molecule has 0 atom stereocenters. The SMILES string of the molecule is COC(=O)/C(C#N)=C/c1ccc2cc(N3CCCCC3)ccc2c1. The minimum atomic E-state index is -0.613. The Bertz CT molecular complexity index is 827. The topological polar surface area (TPSA) is 53.3 Å². The van der Waals surface area contributed by atoms with Crippen LogP contribution in [-0.2, 0) is 9.53 Å². The van der Waals surface area contributed by atoms with Gasteiger partial charge in [-0.3, -0.25) is 0 Å². The van der Waals surface area contributed by atoms with Crippen LogP contribution in [0.2, 0.25) is 0 Å². The van der Waals surface area contributed by atoms with Gasteiger partial charge in [0.1, 0.15) is 11.6 Å². The number of carbonyl (C=O) groups is 1. The zero-order chi connectivity index (χ0) is 16.9. The van der Waals surface area contributed by atoms with E-state index < -0.39 is 5.97 Å². The average molecular weight is 320 g/mol. The fraction of sp³-hybridized carbons (Fsp3) is 0.300. The highest BCUT2D eigenvalue weighted by molar-refractivity contribution is 5.98. The Morgan fingerprint density at radius 1 is 1.12 bits per heavy atom. The highest BCUT2D eigenvalue weighted by Crippen LogP contribution is 2.26. The first-order valence-electron chi connectivity index (χ1n) is 8.20. The lowest BCUT2D eigenvalue weighted by molar-refractivity contribution is -0.135. The lowest BCUT2D eigenvalue weighted by atomic mass is 10.0. The van der Waals surface area contributed by atoms with Gasteiger partial charge in [-0.2, -0.15) is 5.26 Å².